The van der Waals surface area contributed by atoms with Gasteiger partial charge in [0.25, 0.3) is 0 Å². The zero-order valence-electron chi connectivity index (χ0n) is 33.2. The molecule has 6 aliphatic rings. The Morgan fingerprint density at radius 1 is 0.691 bits per heavy atom. The van der Waals surface area contributed by atoms with E-state index in [9.17, 15) is 0 Å². The Labute approximate surface area is 329 Å². The van der Waals surface area contributed by atoms with E-state index in [1.165, 1.54) is 83.3 Å². The van der Waals surface area contributed by atoms with Gasteiger partial charge in [-0.3, -0.25) is 0 Å². The second kappa shape index (κ2) is 13.1. The highest BCUT2D eigenvalue weighted by Gasteiger charge is 2.50. The van der Waals surface area contributed by atoms with Crippen LogP contribution < -0.4 is 9.80 Å². The van der Waals surface area contributed by atoms with E-state index in [2.05, 4.69) is 189 Å². The molecule has 1 saturated heterocycles. The summed E-state index contributed by atoms with van der Waals surface area (Å²) in [6, 6.07) is 39.7. The summed E-state index contributed by atoms with van der Waals surface area (Å²) in [7, 11) is 0. The minimum Gasteiger partial charge on any atom is -0.361 e. The topological polar surface area (TPSA) is 6.48 Å². The number of hydrogen-bond donors (Lipinski definition) is 0. The van der Waals surface area contributed by atoms with Crippen molar-refractivity contribution in [2.45, 2.75) is 101 Å². The van der Waals surface area contributed by atoms with Gasteiger partial charge in [0, 0.05) is 40.2 Å². The number of allylic oxidation sites excluding steroid dienone is 5. The van der Waals surface area contributed by atoms with E-state index >= 15 is 0 Å². The molecule has 0 amide bonds. The molecule has 2 heteroatoms. The zero-order chi connectivity index (χ0) is 37.4. The lowest BCUT2D eigenvalue weighted by Gasteiger charge is -2.55. The molecular weight excluding hydrogens is 665 g/mol. The van der Waals surface area contributed by atoms with Crippen LogP contribution in [0.4, 0.5) is 11.4 Å². The van der Waals surface area contributed by atoms with E-state index in [4.69, 9.17) is 0 Å². The van der Waals surface area contributed by atoms with Crippen molar-refractivity contribution in [3.63, 3.8) is 0 Å². The summed E-state index contributed by atoms with van der Waals surface area (Å²) in [4.78, 5) is 5.64. The Morgan fingerprint density at radius 2 is 1.40 bits per heavy atom. The molecule has 0 radical (unpaired) electrons. The molecule has 278 valence electrons. The molecule has 0 spiro atoms. The third-order valence-corrected chi connectivity index (χ3v) is 14.8. The van der Waals surface area contributed by atoms with E-state index in [0.717, 1.165) is 6.42 Å². The highest BCUT2D eigenvalue weighted by atomic mass is 15.3. The van der Waals surface area contributed by atoms with E-state index in [0.29, 0.717) is 29.8 Å². The summed E-state index contributed by atoms with van der Waals surface area (Å²) >= 11 is 0. The Bertz CT molecular complexity index is 2240. The molecule has 1 aliphatic heterocycles. The maximum Gasteiger partial charge on any atom is 0.0600 e. The molecule has 2 fully saturated rings. The van der Waals surface area contributed by atoms with Crippen LogP contribution in [-0.4, -0.2) is 23.2 Å². The van der Waals surface area contributed by atoms with Crippen LogP contribution in [0.25, 0.3) is 16.7 Å². The number of fused-ring (bicyclic) bond motifs is 6. The molecule has 5 atom stereocenters. The fraction of sp³-hybridized carbons (Fsp3) is 0.358. The van der Waals surface area contributed by atoms with Crippen molar-refractivity contribution in [3.8, 4) is 11.1 Å². The molecule has 0 aromatic heterocycles. The van der Waals surface area contributed by atoms with Crippen LogP contribution in [0.1, 0.15) is 89.3 Å². The van der Waals surface area contributed by atoms with Gasteiger partial charge in [-0.2, -0.15) is 0 Å². The normalized spacial score (nSPS) is 31.2. The minimum atomic E-state index is -0.137. The Morgan fingerprint density at radius 3 is 2.16 bits per heavy atom. The van der Waals surface area contributed by atoms with Gasteiger partial charge < -0.3 is 9.80 Å². The van der Waals surface area contributed by atoms with E-state index in [-0.39, 0.29) is 16.5 Å². The first-order valence-electron chi connectivity index (χ1n) is 21.1. The van der Waals surface area contributed by atoms with Gasteiger partial charge in [0.1, 0.15) is 0 Å². The van der Waals surface area contributed by atoms with Crippen LogP contribution in [0.2, 0.25) is 0 Å². The average Bonchev–Trinajstić information content (AvgIpc) is 3.67. The number of benzene rings is 4. The number of rotatable bonds is 6. The van der Waals surface area contributed by atoms with Gasteiger partial charge in [-0.15, -0.1) is 0 Å². The molecule has 5 unspecified atom stereocenters. The molecule has 0 bridgehead atoms. The van der Waals surface area contributed by atoms with Crippen molar-refractivity contribution >= 4 is 16.9 Å². The molecule has 10 rings (SSSR count). The van der Waals surface area contributed by atoms with Gasteiger partial charge in [0.2, 0.25) is 0 Å². The number of para-hydroxylation sites is 1. The number of nitrogens with zero attached hydrogens (tertiary/aromatic N) is 2. The van der Waals surface area contributed by atoms with Gasteiger partial charge >= 0.3 is 0 Å². The second-order valence-electron chi connectivity index (χ2n) is 18.4. The number of hydrogen-bond acceptors (Lipinski definition) is 2. The van der Waals surface area contributed by atoms with Crippen LogP contribution in [0, 0.1) is 17.8 Å². The van der Waals surface area contributed by atoms with Gasteiger partial charge in [0.15, 0.2) is 0 Å². The maximum atomic E-state index is 2.88. The van der Waals surface area contributed by atoms with Gasteiger partial charge in [0.05, 0.1) is 11.6 Å². The highest BCUT2D eigenvalue weighted by Crippen LogP contribution is 2.54. The predicted molar refractivity (Wildman–Crippen MR) is 233 cm³/mol. The predicted octanol–water partition coefficient (Wildman–Crippen LogP) is 12.9. The molecular formula is C53H56N2. The SMILES string of the molecule is CC1(C)c2ccccc2-c2ccc(N(C3(C)C=CC(c4ccccc4)=CC3)C3(C)CCC(C4=CC5C6C=CC=CC6N(c6ccccc6)C5CC4)CC3)cc21. The zero-order valence-corrected chi connectivity index (χ0v) is 33.2. The monoisotopic (exact) mass is 720 g/mol. The highest BCUT2D eigenvalue weighted by molar-refractivity contribution is 5.83. The second-order valence-corrected chi connectivity index (χ2v) is 18.4. The van der Waals surface area contributed by atoms with Crippen LogP contribution >= 0.6 is 0 Å². The van der Waals surface area contributed by atoms with Crippen LogP contribution in [0.5, 0.6) is 0 Å². The van der Waals surface area contributed by atoms with Crippen molar-refractivity contribution in [2.75, 3.05) is 9.80 Å². The van der Waals surface area contributed by atoms with E-state index in [1.54, 1.807) is 5.57 Å². The largest absolute Gasteiger partial charge is 0.361 e. The summed E-state index contributed by atoms with van der Waals surface area (Å²) < 4.78 is 0. The first-order valence-corrected chi connectivity index (χ1v) is 21.1. The molecule has 4 aromatic rings. The maximum absolute atomic E-state index is 2.88. The summed E-state index contributed by atoms with van der Waals surface area (Å²) in [5, 5.41) is 0. The smallest absolute Gasteiger partial charge is 0.0600 e. The average molecular weight is 721 g/mol. The summed E-state index contributed by atoms with van der Waals surface area (Å²) in [5.74, 6) is 1.81. The first kappa shape index (κ1) is 34.7. The van der Waals surface area contributed by atoms with Crippen LogP contribution in [-0.2, 0) is 5.41 Å². The molecule has 0 N–H and O–H groups in total. The van der Waals surface area contributed by atoms with Gasteiger partial charge in [-0.1, -0.05) is 147 Å². The lowest BCUT2D eigenvalue weighted by molar-refractivity contribution is 0.222. The summed E-state index contributed by atoms with van der Waals surface area (Å²) in [6.07, 6.45) is 28.2. The van der Waals surface area contributed by atoms with E-state index < -0.39 is 0 Å². The Balaban J connectivity index is 0.959. The van der Waals surface area contributed by atoms with Crippen molar-refractivity contribution in [3.05, 3.63) is 174 Å². The Hall–Kier alpha value is -4.82. The van der Waals surface area contributed by atoms with Crippen molar-refractivity contribution in [1.82, 2.24) is 0 Å². The first-order chi connectivity index (χ1) is 26.7. The third-order valence-electron chi connectivity index (χ3n) is 14.8. The Kier molecular flexibility index (Phi) is 8.28. The van der Waals surface area contributed by atoms with Crippen molar-refractivity contribution < 1.29 is 0 Å². The molecule has 1 heterocycles. The fourth-order valence-electron chi connectivity index (χ4n) is 12.0. The van der Waals surface area contributed by atoms with Crippen molar-refractivity contribution in [1.29, 1.82) is 0 Å². The van der Waals surface area contributed by atoms with E-state index in [1.807, 2.05) is 0 Å². The quantitative estimate of drug-likeness (QED) is 0.183. The summed E-state index contributed by atoms with van der Waals surface area (Å²) in [5.41, 5.74) is 12.7. The van der Waals surface area contributed by atoms with Gasteiger partial charge in [-0.05, 0) is 122 Å². The third kappa shape index (κ3) is 5.65. The van der Waals surface area contributed by atoms with Gasteiger partial charge in [-0.25, -0.2) is 0 Å². The molecule has 2 nitrogen and oxygen atoms in total. The molecule has 1 saturated carbocycles. The summed E-state index contributed by atoms with van der Waals surface area (Å²) in [6.45, 7) is 9.93. The standard InChI is InChI=1S/C53H56N2/c1-51(2)47-21-13-11-19-43(47)44-25-24-42(36-48(44)51)55(52(3)31-27-38(28-32-52)37-15-7-5-8-16-37)53(4)33-29-39(30-34-53)40-23-26-50-46(35-40)45-20-12-14-22-49(45)54(50)41-17-9-6-10-18-41/h5-22,24-25,27-28,31,35-36,39,45-46,49-50H,23,26,29-30,32-34H2,1-4H3. The number of anilines is 2. The van der Waals surface area contributed by atoms with Crippen LogP contribution in [0.15, 0.2) is 157 Å². The molecule has 55 heavy (non-hydrogen) atoms. The fourth-order valence-corrected chi connectivity index (χ4v) is 12.0. The lowest BCUT2D eigenvalue weighted by atomic mass is 9.68. The molecule has 5 aliphatic carbocycles. The van der Waals surface area contributed by atoms with Crippen molar-refractivity contribution in [2.24, 2.45) is 17.8 Å². The molecule has 4 aromatic carbocycles. The minimum absolute atomic E-state index is 0.0279. The van der Waals surface area contributed by atoms with Crippen LogP contribution in [0.3, 0.4) is 0 Å². The lowest BCUT2D eigenvalue weighted by Crippen LogP contribution is -2.59.